The largest absolute Gasteiger partial charge is 0.480 e. The van der Waals surface area contributed by atoms with Gasteiger partial charge in [-0.3, -0.25) is 0 Å². The van der Waals surface area contributed by atoms with Crippen LogP contribution in [0.3, 0.4) is 0 Å². The van der Waals surface area contributed by atoms with Crippen molar-refractivity contribution in [2.45, 2.75) is 78.6 Å². The maximum Gasteiger partial charge on any atom is 0.407 e. The van der Waals surface area contributed by atoms with Gasteiger partial charge in [-0.15, -0.1) is 5.10 Å². The Kier molecular flexibility index (Phi) is 10.6. The van der Waals surface area contributed by atoms with E-state index in [1.807, 2.05) is 32.9 Å². The first-order valence-electron chi connectivity index (χ1n) is 14.9. The van der Waals surface area contributed by atoms with Crippen molar-refractivity contribution in [1.82, 2.24) is 25.1 Å². The van der Waals surface area contributed by atoms with Crippen LogP contribution in [-0.4, -0.2) is 72.9 Å². The third kappa shape index (κ3) is 8.89. The fraction of sp³-hybridized carbons (Fsp3) is 0.600. The molecule has 1 aliphatic heterocycles. The Balaban J connectivity index is 1.59. The molecule has 3 aromatic rings. The summed E-state index contributed by atoms with van der Waals surface area (Å²) in [4.78, 5) is 24.2. The van der Waals surface area contributed by atoms with E-state index >= 15 is 0 Å². The Hall–Kier alpha value is -2.80. The number of rotatable bonds is 11. The average Bonchev–Trinajstić information content (AvgIpc) is 3.28. The zero-order valence-corrected chi connectivity index (χ0v) is 29.5. The third-order valence-electron chi connectivity index (χ3n) is 7.47. The summed E-state index contributed by atoms with van der Waals surface area (Å²) in [5.74, 6) is 1.42. The van der Waals surface area contributed by atoms with Gasteiger partial charge in [0.1, 0.15) is 17.7 Å². The molecule has 1 amide bonds. The highest BCUT2D eigenvalue weighted by Crippen LogP contribution is 2.38. The molecule has 0 spiro atoms. The molecule has 11 nitrogen and oxygen atoms in total. The molecule has 1 fully saturated rings. The summed E-state index contributed by atoms with van der Waals surface area (Å²) in [5.41, 5.74) is 0.568. The quantitative estimate of drug-likeness (QED) is 0.160. The van der Waals surface area contributed by atoms with Crippen LogP contribution in [0.5, 0.6) is 5.88 Å². The van der Waals surface area contributed by atoms with Crippen LogP contribution in [0.1, 0.15) is 40.5 Å². The van der Waals surface area contributed by atoms with E-state index in [1.165, 1.54) is 0 Å². The summed E-state index contributed by atoms with van der Waals surface area (Å²) in [7, 11) is 0.318. The molecule has 0 atom stereocenters. The molecule has 1 aromatic carbocycles. The fourth-order valence-electron chi connectivity index (χ4n) is 4.78. The van der Waals surface area contributed by atoms with Crippen molar-refractivity contribution >= 4 is 65.9 Å². The van der Waals surface area contributed by atoms with Gasteiger partial charge < -0.3 is 29.7 Å². The standard InChI is InChI=1S/C30H45Cl2N7O4Si/c1-29(2,3)43-28(40)33-18-30(4)12-14-38(15-13-30)27-35-25-22(26(36-27)41-5)24(34-21-11-9-10-20(31)23(21)32)37-39(25)19-42-16-17-44(6,7)8/h9-11H,12-19H2,1-8H3,(H,33,40)(H,34,37). The highest BCUT2D eigenvalue weighted by molar-refractivity contribution is 6.76. The Bertz CT molecular complexity index is 1460. The highest BCUT2D eigenvalue weighted by Gasteiger charge is 2.33. The number of ether oxygens (including phenoxy) is 3. The number of piperidine rings is 1. The van der Waals surface area contributed by atoms with Crippen molar-refractivity contribution in [2.24, 2.45) is 5.41 Å². The molecule has 0 radical (unpaired) electrons. The van der Waals surface area contributed by atoms with E-state index in [0.29, 0.717) is 70.7 Å². The molecule has 44 heavy (non-hydrogen) atoms. The maximum atomic E-state index is 12.2. The van der Waals surface area contributed by atoms with E-state index in [4.69, 9.17) is 52.5 Å². The normalized spacial score (nSPS) is 15.4. The van der Waals surface area contributed by atoms with E-state index < -0.39 is 19.8 Å². The molecule has 0 saturated carbocycles. The topological polar surface area (TPSA) is 116 Å². The number of benzene rings is 1. The van der Waals surface area contributed by atoms with Crippen molar-refractivity contribution in [3.63, 3.8) is 0 Å². The van der Waals surface area contributed by atoms with Gasteiger partial charge in [0.2, 0.25) is 11.8 Å². The first kappa shape index (κ1) is 34.1. The molecule has 0 bridgehead atoms. The Morgan fingerprint density at radius 2 is 1.84 bits per heavy atom. The number of nitrogens with one attached hydrogen (secondary N) is 2. The molecular weight excluding hydrogens is 621 g/mol. The molecule has 3 heterocycles. The number of hydrogen-bond donors (Lipinski definition) is 2. The molecule has 4 rings (SSSR count). The van der Waals surface area contributed by atoms with Crippen molar-refractivity contribution in [1.29, 1.82) is 0 Å². The van der Waals surface area contributed by atoms with Gasteiger partial charge in [0.05, 0.1) is 22.8 Å². The predicted molar refractivity (Wildman–Crippen MR) is 180 cm³/mol. The fourth-order valence-corrected chi connectivity index (χ4v) is 5.88. The van der Waals surface area contributed by atoms with Crippen LogP contribution in [-0.2, 0) is 16.2 Å². The number of aromatic nitrogens is 4. The van der Waals surface area contributed by atoms with Gasteiger partial charge >= 0.3 is 6.09 Å². The molecule has 1 saturated heterocycles. The number of fused-ring (bicyclic) bond motifs is 1. The lowest BCUT2D eigenvalue weighted by atomic mass is 9.80. The van der Waals surface area contributed by atoms with Crippen LogP contribution in [0.4, 0.5) is 22.2 Å². The van der Waals surface area contributed by atoms with E-state index in [9.17, 15) is 4.79 Å². The lowest BCUT2D eigenvalue weighted by molar-refractivity contribution is 0.0495. The van der Waals surface area contributed by atoms with Gasteiger partial charge in [-0.25, -0.2) is 9.48 Å². The van der Waals surface area contributed by atoms with Crippen LogP contribution in [0.15, 0.2) is 18.2 Å². The highest BCUT2D eigenvalue weighted by atomic mass is 35.5. The first-order chi connectivity index (χ1) is 20.6. The van der Waals surface area contributed by atoms with E-state index in [-0.39, 0.29) is 12.1 Å². The minimum atomic E-state index is -1.26. The lowest BCUT2D eigenvalue weighted by Gasteiger charge is -2.39. The molecule has 2 aromatic heterocycles. The van der Waals surface area contributed by atoms with Gasteiger partial charge in [-0.1, -0.05) is 55.8 Å². The van der Waals surface area contributed by atoms with E-state index in [2.05, 4.69) is 42.1 Å². The number of halogens is 2. The average molecular weight is 667 g/mol. The van der Waals surface area contributed by atoms with Crippen molar-refractivity contribution < 1.29 is 19.0 Å². The molecule has 242 valence electrons. The van der Waals surface area contributed by atoms with Crippen LogP contribution < -0.4 is 20.3 Å². The minimum absolute atomic E-state index is 0.0825. The summed E-state index contributed by atoms with van der Waals surface area (Å²) in [6, 6.07) is 6.40. The summed E-state index contributed by atoms with van der Waals surface area (Å²) in [5, 5.41) is 12.5. The van der Waals surface area contributed by atoms with Crippen molar-refractivity contribution in [3.8, 4) is 5.88 Å². The molecule has 2 N–H and O–H groups in total. The van der Waals surface area contributed by atoms with Gasteiger partial charge in [-0.2, -0.15) is 9.97 Å². The van der Waals surface area contributed by atoms with E-state index in [1.54, 1.807) is 17.9 Å². The number of amides is 1. The van der Waals surface area contributed by atoms with Gasteiger partial charge in [-0.05, 0) is 57.2 Å². The second-order valence-corrected chi connectivity index (χ2v) is 20.2. The lowest BCUT2D eigenvalue weighted by Crippen LogP contribution is -2.46. The summed E-state index contributed by atoms with van der Waals surface area (Å²) >= 11 is 12.8. The van der Waals surface area contributed by atoms with Crippen LogP contribution in [0, 0.1) is 5.41 Å². The monoisotopic (exact) mass is 665 g/mol. The maximum absolute atomic E-state index is 12.2. The second-order valence-electron chi connectivity index (χ2n) is 13.8. The molecule has 0 aliphatic carbocycles. The molecule has 14 heteroatoms. The molecule has 1 aliphatic rings. The number of nitrogens with zero attached hydrogens (tertiary/aromatic N) is 5. The van der Waals surface area contributed by atoms with Crippen molar-refractivity contribution in [3.05, 3.63) is 28.2 Å². The number of anilines is 3. The van der Waals surface area contributed by atoms with Gasteiger partial charge in [0.25, 0.3) is 0 Å². The van der Waals surface area contributed by atoms with Gasteiger partial charge in [0, 0.05) is 34.3 Å². The van der Waals surface area contributed by atoms with Crippen LogP contribution >= 0.6 is 23.2 Å². The first-order valence-corrected chi connectivity index (χ1v) is 19.4. The van der Waals surface area contributed by atoms with Gasteiger partial charge in [0.15, 0.2) is 11.5 Å². The predicted octanol–water partition coefficient (Wildman–Crippen LogP) is 7.33. The number of hydrogen-bond acceptors (Lipinski definition) is 9. The molecular formula is C30H45Cl2N7O4Si. The number of alkyl carbamates (subject to hydrolysis) is 1. The Labute approximate surface area is 270 Å². The summed E-state index contributed by atoms with van der Waals surface area (Å²) in [6.45, 7) is 17.5. The number of methoxy groups -OCH3 is 1. The Morgan fingerprint density at radius 3 is 2.48 bits per heavy atom. The van der Waals surface area contributed by atoms with Crippen LogP contribution in [0.25, 0.3) is 11.0 Å². The second kappa shape index (κ2) is 13.7. The molecule has 0 unspecified atom stereocenters. The van der Waals surface area contributed by atoms with E-state index in [0.717, 1.165) is 18.9 Å². The SMILES string of the molecule is COc1nc(N2CCC(C)(CNC(=O)OC(C)(C)C)CC2)nc2c1c(Nc1cccc(Cl)c1Cl)nn2COCC[Si](C)(C)C. The Morgan fingerprint density at radius 1 is 1.14 bits per heavy atom. The number of carbonyl (C=O) groups excluding carboxylic acids is 1. The zero-order valence-electron chi connectivity index (χ0n) is 27.0. The minimum Gasteiger partial charge on any atom is -0.480 e. The summed E-state index contributed by atoms with van der Waals surface area (Å²) in [6.07, 6.45) is 1.28. The summed E-state index contributed by atoms with van der Waals surface area (Å²) < 4.78 is 19.0. The zero-order chi connectivity index (χ0) is 32.3. The third-order valence-corrected chi connectivity index (χ3v) is 9.99. The van der Waals surface area contributed by atoms with Crippen LogP contribution in [0.2, 0.25) is 35.7 Å². The number of carbonyl (C=O) groups is 1. The van der Waals surface area contributed by atoms with Crippen molar-refractivity contribution in [2.75, 3.05) is 43.6 Å². The smallest absolute Gasteiger partial charge is 0.407 e.